The van der Waals surface area contributed by atoms with Crippen molar-refractivity contribution in [2.45, 2.75) is 157 Å². The Morgan fingerprint density at radius 3 is 1.35 bits per heavy atom. The number of thioether (sulfide) groups is 1. The van der Waals surface area contributed by atoms with Crippen LogP contribution in [0.25, 0.3) is 10.9 Å². The SMILES string of the molecule is CSCC[C@H](N)C(=O)N[C@@H](CO)C(=O)N[C@H](C(=O)N[C@@H](Cc1c[nH]c2ccccc12)C(=O)N[C@@H](CO)C(=O)N[C@@H](CCCCN)C(=O)N[C@@H](CCCCN)C(=O)N[C@@H](CCCCN)C(=O)N[C@@H](CCCCN)C(N)=O)[C@@H](C)O. The van der Waals surface area contributed by atoms with Gasteiger partial charge in [-0.15, -0.1) is 0 Å². The highest BCUT2D eigenvalue weighted by Crippen LogP contribution is 2.20. The van der Waals surface area contributed by atoms with E-state index in [4.69, 9.17) is 34.4 Å². The number of aliphatic hydroxyl groups is 3. The van der Waals surface area contributed by atoms with Gasteiger partial charge in [0, 0.05) is 23.5 Å². The number of carbonyl (C=O) groups excluding carboxylic acids is 9. The molecular formula is C50H87N15O12S. The molecule has 0 aliphatic rings. The monoisotopic (exact) mass is 1120 g/mol. The Balaban J connectivity index is 2.44. The second-order valence-corrected chi connectivity index (χ2v) is 20.0. The highest BCUT2D eigenvalue weighted by molar-refractivity contribution is 7.98. The molecule has 24 N–H and O–H groups in total. The van der Waals surface area contributed by atoms with Crippen molar-refractivity contribution in [3.8, 4) is 0 Å². The van der Waals surface area contributed by atoms with Crippen molar-refractivity contribution < 1.29 is 58.5 Å². The Hall–Kier alpha value is -5.98. The molecule has 1 aromatic heterocycles. The number of hydrogen-bond acceptors (Lipinski definition) is 18. The molecule has 0 saturated heterocycles. The van der Waals surface area contributed by atoms with Crippen LogP contribution in [-0.4, -0.2) is 185 Å². The summed E-state index contributed by atoms with van der Waals surface area (Å²) in [6.45, 7) is 0.446. The Kier molecular flexibility index (Phi) is 33.0. The third-order valence-corrected chi connectivity index (χ3v) is 13.4. The second kappa shape index (κ2) is 37.8. The number of aromatic nitrogens is 1. The van der Waals surface area contributed by atoms with Gasteiger partial charge in [0.15, 0.2) is 0 Å². The van der Waals surface area contributed by atoms with E-state index in [-0.39, 0.29) is 51.6 Å². The first kappa shape index (κ1) is 68.1. The molecule has 0 spiro atoms. The zero-order valence-electron chi connectivity index (χ0n) is 44.9. The molecule has 27 nitrogen and oxygen atoms in total. The topological polar surface area (TPSA) is 482 Å². The number of benzene rings is 1. The van der Waals surface area contributed by atoms with Crippen molar-refractivity contribution >= 4 is 75.8 Å². The van der Waals surface area contributed by atoms with Crippen LogP contribution in [0.5, 0.6) is 0 Å². The smallest absolute Gasteiger partial charge is 0.245 e. The summed E-state index contributed by atoms with van der Waals surface area (Å²) >= 11 is 1.45. The van der Waals surface area contributed by atoms with Crippen LogP contribution in [-0.2, 0) is 49.6 Å². The van der Waals surface area contributed by atoms with Gasteiger partial charge in [-0.05, 0) is 140 Å². The summed E-state index contributed by atoms with van der Waals surface area (Å²) in [6.07, 6.45) is 5.81. The van der Waals surface area contributed by atoms with Gasteiger partial charge in [0.1, 0.15) is 48.3 Å². The quantitative estimate of drug-likeness (QED) is 0.0277. The maximum Gasteiger partial charge on any atom is 0.245 e. The molecule has 0 bridgehead atoms. The van der Waals surface area contributed by atoms with Crippen molar-refractivity contribution in [1.82, 2.24) is 47.5 Å². The first-order valence-electron chi connectivity index (χ1n) is 26.5. The lowest BCUT2D eigenvalue weighted by molar-refractivity contribution is -0.137. The fraction of sp³-hybridized carbons (Fsp3) is 0.660. The van der Waals surface area contributed by atoms with E-state index >= 15 is 0 Å². The number of aromatic amines is 1. The van der Waals surface area contributed by atoms with Crippen LogP contribution in [0.4, 0.5) is 0 Å². The molecule has 28 heteroatoms. The van der Waals surface area contributed by atoms with Gasteiger partial charge in [-0.3, -0.25) is 43.2 Å². The van der Waals surface area contributed by atoms with Crippen molar-refractivity contribution in [3.05, 3.63) is 36.0 Å². The minimum atomic E-state index is -1.76. The Labute approximate surface area is 459 Å². The minimum absolute atomic E-state index is 0.0157. The number of nitrogens with two attached hydrogens (primary N) is 6. The van der Waals surface area contributed by atoms with E-state index in [0.717, 1.165) is 0 Å². The molecule has 9 amide bonds. The van der Waals surface area contributed by atoms with Crippen molar-refractivity contribution in [1.29, 1.82) is 0 Å². The molecule has 0 saturated carbocycles. The summed E-state index contributed by atoms with van der Waals surface area (Å²) in [6, 6.07) is -5.45. The maximum atomic E-state index is 14.3. The Bertz CT molecular complexity index is 2210. The maximum absolute atomic E-state index is 14.3. The molecule has 0 aliphatic heterocycles. The molecule has 0 aliphatic carbocycles. The number of unbranched alkanes of at least 4 members (excludes halogenated alkanes) is 4. The Morgan fingerprint density at radius 2 is 0.910 bits per heavy atom. The third kappa shape index (κ3) is 23.9. The van der Waals surface area contributed by atoms with Gasteiger partial charge in [-0.2, -0.15) is 11.8 Å². The summed E-state index contributed by atoms with van der Waals surface area (Å²) in [4.78, 5) is 126. The molecule has 10 atom stereocenters. The third-order valence-electron chi connectivity index (χ3n) is 12.7. The van der Waals surface area contributed by atoms with Crippen LogP contribution in [0.3, 0.4) is 0 Å². The normalized spacial score (nSPS) is 15.2. The first-order valence-corrected chi connectivity index (χ1v) is 27.9. The van der Waals surface area contributed by atoms with E-state index in [1.54, 1.807) is 30.5 Å². The molecule has 1 heterocycles. The number of aliphatic hydroxyl groups excluding tert-OH is 3. The average molecular weight is 1120 g/mol. The summed E-state index contributed by atoms with van der Waals surface area (Å²) in [5, 5.41) is 52.1. The molecule has 0 fully saturated rings. The fourth-order valence-electron chi connectivity index (χ4n) is 8.12. The summed E-state index contributed by atoms with van der Waals surface area (Å²) < 4.78 is 0. The van der Waals surface area contributed by atoms with Gasteiger partial charge in [0.05, 0.1) is 25.4 Å². The molecular weight excluding hydrogens is 1030 g/mol. The van der Waals surface area contributed by atoms with Crippen LogP contribution in [0.2, 0.25) is 0 Å². The van der Waals surface area contributed by atoms with Gasteiger partial charge in [0.2, 0.25) is 53.2 Å². The van der Waals surface area contributed by atoms with E-state index in [9.17, 15) is 58.5 Å². The Morgan fingerprint density at radius 1 is 0.526 bits per heavy atom. The van der Waals surface area contributed by atoms with E-state index in [1.807, 2.05) is 6.26 Å². The lowest BCUT2D eigenvalue weighted by atomic mass is 10.0. The molecule has 440 valence electrons. The molecule has 2 rings (SSSR count). The van der Waals surface area contributed by atoms with Crippen LogP contribution in [0, 0.1) is 0 Å². The first-order chi connectivity index (χ1) is 37.3. The predicted octanol–water partition coefficient (Wildman–Crippen LogP) is -4.96. The van der Waals surface area contributed by atoms with Gasteiger partial charge < -0.3 is 97.2 Å². The van der Waals surface area contributed by atoms with Crippen molar-refractivity contribution in [2.75, 3.05) is 51.4 Å². The van der Waals surface area contributed by atoms with Gasteiger partial charge >= 0.3 is 0 Å². The number of rotatable bonds is 41. The summed E-state index contributed by atoms with van der Waals surface area (Å²) in [7, 11) is 0. The van der Waals surface area contributed by atoms with Gasteiger partial charge in [-0.1, -0.05) is 18.2 Å². The number of nitrogens with one attached hydrogen (secondary N) is 9. The van der Waals surface area contributed by atoms with E-state index in [1.165, 1.54) is 18.7 Å². The van der Waals surface area contributed by atoms with E-state index < -0.39 is 127 Å². The molecule has 0 radical (unpaired) electrons. The van der Waals surface area contributed by atoms with Crippen LogP contribution < -0.4 is 76.9 Å². The zero-order valence-corrected chi connectivity index (χ0v) is 45.7. The van der Waals surface area contributed by atoms with Gasteiger partial charge in [0.25, 0.3) is 0 Å². The molecule has 2 aromatic rings. The molecule has 1 aromatic carbocycles. The zero-order chi connectivity index (χ0) is 58.2. The van der Waals surface area contributed by atoms with Crippen molar-refractivity contribution in [3.63, 3.8) is 0 Å². The van der Waals surface area contributed by atoms with Crippen LogP contribution >= 0.6 is 11.8 Å². The molecule has 78 heavy (non-hydrogen) atoms. The number of carbonyl (C=O) groups is 9. The summed E-state index contributed by atoms with van der Waals surface area (Å²) in [5.74, 6) is -7.41. The number of para-hydroxylation sites is 1. The predicted molar refractivity (Wildman–Crippen MR) is 295 cm³/mol. The number of H-pyrrole nitrogens is 1. The highest BCUT2D eigenvalue weighted by atomic mass is 32.2. The second-order valence-electron chi connectivity index (χ2n) is 19.0. The van der Waals surface area contributed by atoms with Gasteiger partial charge in [-0.25, -0.2) is 0 Å². The summed E-state index contributed by atoms with van der Waals surface area (Å²) in [5.41, 5.74) is 35.5. The minimum Gasteiger partial charge on any atom is -0.394 e. The number of hydrogen-bond donors (Lipinski definition) is 18. The van der Waals surface area contributed by atoms with Crippen LogP contribution in [0.15, 0.2) is 30.5 Å². The molecule has 0 unspecified atom stereocenters. The lowest BCUT2D eigenvalue weighted by Crippen LogP contribution is -2.62. The van der Waals surface area contributed by atoms with Crippen LogP contribution in [0.1, 0.15) is 96.0 Å². The largest absolute Gasteiger partial charge is 0.394 e. The number of amides is 9. The van der Waals surface area contributed by atoms with Crippen molar-refractivity contribution in [2.24, 2.45) is 34.4 Å². The highest BCUT2D eigenvalue weighted by Gasteiger charge is 2.36. The van der Waals surface area contributed by atoms with E-state index in [0.29, 0.717) is 86.7 Å². The fourth-order valence-corrected chi connectivity index (χ4v) is 8.61. The van der Waals surface area contributed by atoms with E-state index in [2.05, 4.69) is 47.5 Å². The number of fused-ring (bicyclic) bond motifs is 1. The standard InChI is InChI=1S/C50H87N15O12S/c1-29(68)41(65-49(76)40(28-67)63-43(70)32(55)19-24-78-2)50(77)62-38(25-30-26-57-33-14-4-3-13-31(30)33)47(74)64-39(27-66)48(75)61-37(18-8-12-23-54)46(73)60-36(17-7-11-22-53)45(72)59-35(16-6-10-21-52)44(71)58-34(42(56)69)15-5-9-20-51/h3-4,13-14,26,29,32,34-41,57,66-68H,5-12,15-25,27-28,51-55H2,1-2H3,(H2,56,69)(H,58,71)(H,59,72)(H,60,73)(H,61,75)(H,62,77)(H,63,70)(H,64,74)(H,65,76)/t29-,32+,34+,35+,36+,37+,38+,39+,40+,41+/m1/s1. The lowest BCUT2D eigenvalue weighted by Gasteiger charge is -2.28. The number of primary amides is 1. The average Bonchev–Trinajstić information content (AvgIpc) is 3.82.